The lowest BCUT2D eigenvalue weighted by atomic mass is 9.72. The van der Waals surface area contributed by atoms with Crippen molar-refractivity contribution in [2.75, 3.05) is 0 Å². The smallest absolute Gasteiger partial charge is 0.262 e. The van der Waals surface area contributed by atoms with E-state index in [0.717, 1.165) is 29.7 Å². The molecule has 6 heteroatoms. The van der Waals surface area contributed by atoms with Crippen LogP contribution in [0.3, 0.4) is 0 Å². The van der Waals surface area contributed by atoms with Crippen LogP contribution in [-0.4, -0.2) is 15.3 Å². The molecule has 0 aliphatic heterocycles. The Kier molecular flexibility index (Phi) is 5.17. The first kappa shape index (κ1) is 20.9. The first-order valence-corrected chi connectivity index (χ1v) is 11.2. The second-order valence-electron chi connectivity index (χ2n) is 9.43. The van der Waals surface area contributed by atoms with Crippen LogP contribution in [0, 0.1) is 31.0 Å². The van der Waals surface area contributed by atoms with Crippen molar-refractivity contribution < 1.29 is 9.18 Å². The SMILES string of the molecule is Cc1cc(C(=O)Cn2c(C)nc3sc4c(c3c2=O)CCC(C(C)(C)C)C4)ccc1F. The average Bonchev–Trinajstić information content (AvgIpc) is 3.03. The number of nitrogens with zero attached hydrogens (tertiary/aromatic N) is 2. The predicted molar refractivity (Wildman–Crippen MR) is 119 cm³/mol. The van der Waals surface area contributed by atoms with E-state index in [4.69, 9.17) is 0 Å². The molecule has 0 amide bonds. The highest BCUT2D eigenvalue weighted by Gasteiger charge is 2.32. The molecule has 158 valence electrons. The van der Waals surface area contributed by atoms with Gasteiger partial charge in [-0.25, -0.2) is 9.37 Å². The Bertz CT molecular complexity index is 1220. The number of thiophene rings is 1. The average molecular weight is 427 g/mol. The van der Waals surface area contributed by atoms with Crippen molar-refractivity contribution in [2.45, 2.75) is 60.4 Å². The Morgan fingerprint density at radius 3 is 2.70 bits per heavy atom. The fraction of sp³-hybridized carbons (Fsp3) is 0.458. The number of aromatic nitrogens is 2. The van der Waals surface area contributed by atoms with E-state index in [1.54, 1.807) is 25.2 Å². The van der Waals surface area contributed by atoms with Gasteiger partial charge in [0.1, 0.15) is 16.5 Å². The molecule has 1 aliphatic rings. The summed E-state index contributed by atoms with van der Waals surface area (Å²) in [7, 11) is 0. The first-order valence-electron chi connectivity index (χ1n) is 10.4. The van der Waals surface area contributed by atoms with Gasteiger partial charge in [0.2, 0.25) is 0 Å². The number of fused-ring (bicyclic) bond motifs is 3. The van der Waals surface area contributed by atoms with Crippen molar-refractivity contribution >= 4 is 27.3 Å². The molecule has 0 spiro atoms. The first-order chi connectivity index (χ1) is 14.1. The summed E-state index contributed by atoms with van der Waals surface area (Å²) in [6.45, 7) is 10.1. The Labute approximate surface area is 179 Å². The van der Waals surface area contributed by atoms with Crippen LogP contribution in [0.4, 0.5) is 4.39 Å². The zero-order chi connectivity index (χ0) is 21.8. The molecule has 0 saturated heterocycles. The summed E-state index contributed by atoms with van der Waals surface area (Å²) in [5.41, 5.74) is 2.03. The van der Waals surface area contributed by atoms with Crippen LogP contribution in [0.5, 0.6) is 0 Å². The standard InChI is InChI=1S/C24H27FN2O2S/c1-13-10-15(6-9-18(13)25)19(28)12-27-14(2)26-22-21(23(27)29)17-8-7-16(24(3,4)5)11-20(17)30-22/h6,9-10,16H,7-8,11-12H2,1-5H3. The second-order valence-corrected chi connectivity index (χ2v) is 10.5. The van der Waals surface area contributed by atoms with Gasteiger partial charge in [0.25, 0.3) is 5.56 Å². The molecule has 0 radical (unpaired) electrons. The predicted octanol–water partition coefficient (Wildman–Crippen LogP) is 5.25. The third-order valence-electron chi connectivity index (χ3n) is 6.37. The second kappa shape index (κ2) is 7.41. The number of aryl methyl sites for hydroxylation is 3. The molecule has 0 bridgehead atoms. The van der Waals surface area contributed by atoms with Crippen LogP contribution >= 0.6 is 11.3 Å². The van der Waals surface area contributed by atoms with Gasteiger partial charge in [0.15, 0.2) is 5.78 Å². The van der Waals surface area contributed by atoms with E-state index >= 15 is 0 Å². The molecular formula is C24H27FN2O2S. The lowest BCUT2D eigenvalue weighted by Crippen LogP contribution is -2.29. The van der Waals surface area contributed by atoms with E-state index < -0.39 is 0 Å². The number of hydrogen-bond acceptors (Lipinski definition) is 4. The number of hydrogen-bond donors (Lipinski definition) is 0. The van der Waals surface area contributed by atoms with Crippen molar-refractivity contribution in [2.24, 2.45) is 11.3 Å². The van der Waals surface area contributed by atoms with Crippen molar-refractivity contribution in [3.05, 3.63) is 61.8 Å². The molecule has 4 rings (SSSR count). The van der Waals surface area contributed by atoms with Gasteiger partial charge in [-0.05, 0) is 73.8 Å². The largest absolute Gasteiger partial charge is 0.292 e. The number of benzene rings is 1. The normalized spacial score (nSPS) is 16.7. The number of halogens is 1. The third-order valence-corrected chi connectivity index (χ3v) is 7.51. The number of Topliss-reactive ketones (excluding diaryl/α,β-unsaturated/α-hetero) is 1. The summed E-state index contributed by atoms with van der Waals surface area (Å²) in [6.07, 6.45) is 2.91. The Hall–Kier alpha value is -2.34. The van der Waals surface area contributed by atoms with E-state index in [1.807, 2.05) is 0 Å². The molecule has 0 N–H and O–H groups in total. The van der Waals surface area contributed by atoms with Gasteiger partial charge in [-0.3, -0.25) is 14.2 Å². The van der Waals surface area contributed by atoms with Crippen molar-refractivity contribution in [3.63, 3.8) is 0 Å². The number of carbonyl (C=O) groups is 1. The molecule has 1 aliphatic carbocycles. The monoisotopic (exact) mass is 426 g/mol. The molecule has 0 fully saturated rings. The van der Waals surface area contributed by atoms with Crippen LogP contribution in [0.15, 0.2) is 23.0 Å². The molecule has 2 heterocycles. The minimum Gasteiger partial charge on any atom is -0.292 e. The number of carbonyl (C=O) groups excluding carboxylic acids is 1. The van der Waals surface area contributed by atoms with Crippen LogP contribution in [0.1, 0.15) is 59.4 Å². The minimum absolute atomic E-state index is 0.0894. The summed E-state index contributed by atoms with van der Waals surface area (Å²) in [5.74, 6) is 0.554. The highest BCUT2D eigenvalue weighted by molar-refractivity contribution is 7.18. The minimum atomic E-state index is -0.346. The molecule has 1 unspecified atom stereocenters. The maximum Gasteiger partial charge on any atom is 0.262 e. The Morgan fingerprint density at radius 2 is 2.03 bits per heavy atom. The van der Waals surface area contributed by atoms with Gasteiger partial charge >= 0.3 is 0 Å². The zero-order valence-electron chi connectivity index (χ0n) is 18.1. The van der Waals surface area contributed by atoms with E-state index in [-0.39, 0.29) is 29.1 Å². The summed E-state index contributed by atoms with van der Waals surface area (Å²) < 4.78 is 15.0. The zero-order valence-corrected chi connectivity index (χ0v) is 19.0. The topological polar surface area (TPSA) is 52.0 Å². The lowest BCUT2D eigenvalue weighted by Gasteiger charge is -2.33. The van der Waals surface area contributed by atoms with Crippen LogP contribution in [0.25, 0.3) is 10.2 Å². The van der Waals surface area contributed by atoms with E-state index in [0.29, 0.717) is 28.3 Å². The Morgan fingerprint density at radius 1 is 1.30 bits per heavy atom. The summed E-state index contributed by atoms with van der Waals surface area (Å²) in [6, 6.07) is 4.29. The van der Waals surface area contributed by atoms with Gasteiger partial charge in [0.05, 0.1) is 11.9 Å². The quantitative estimate of drug-likeness (QED) is 0.538. The number of ketones is 1. The maximum absolute atomic E-state index is 13.5. The Balaban J connectivity index is 1.73. The molecule has 2 aromatic heterocycles. The molecule has 3 aromatic rings. The van der Waals surface area contributed by atoms with Gasteiger partial charge in [-0.15, -0.1) is 11.3 Å². The third kappa shape index (κ3) is 3.62. The molecule has 1 atom stereocenters. The van der Waals surface area contributed by atoms with Gasteiger partial charge in [0, 0.05) is 10.4 Å². The molecule has 1 aromatic carbocycles. The summed E-state index contributed by atoms with van der Waals surface area (Å²) in [5, 5.41) is 0.677. The summed E-state index contributed by atoms with van der Waals surface area (Å²) in [4.78, 5) is 32.9. The van der Waals surface area contributed by atoms with Gasteiger partial charge in [-0.2, -0.15) is 0 Å². The maximum atomic E-state index is 13.5. The van der Waals surface area contributed by atoms with Gasteiger partial charge in [-0.1, -0.05) is 20.8 Å². The van der Waals surface area contributed by atoms with E-state index in [1.165, 1.54) is 27.6 Å². The van der Waals surface area contributed by atoms with Crippen LogP contribution in [0.2, 0.25) is 0 Å². The number of rotatable bonds is 3. The highest BCUT2D eigenvalue weighted by atomic mass is 32.1. The molecule has 30 heavy (non-hydrogen) atoms. The van der Waals surface area contributed by atoms with Crippen molar-refractivity contribution in [3.8, 4) is 0 Å². The lowest BCUT2D eigenvalue weighted by molar-refractivity contribution is 0.0969. The van der Waals surface area contributed by atoms with Crippen molar-refractivity contribution in [1.82, 2.24) is 9.55 Å². The fourth-order valence-corrected chi connectivity index (χ4v) is 5.67. The highest BCUT2D eigenvalue weighted by Crippen LogP contribution is 2.42. The van der Waals surface area contributed by atoms with Crippen LogP contribution < -0.4 is 5.56 Å². The fourth-order valence-electron chi connectivity index (χ4n) is 4.34. The molecular weight excluding hydrogens is 399 g/mol. The summed E-state index contributed by atoms with van der Waals surface area (Å²) >= 11 is 1.62. The van der Waals surface area contributed by atoms with Crippen molar-refractivity contribution in [1.29, 1.82) is 0 Å². The molecule has 4 nitrogen and oxygen atoms in total. The molecule has 0 saturated carbocycles. The van der Waals surface area contributed by atoms with E-state index in [9.17, 15) is 14.0 Å². The van der Waals surface area contributed by atoms with Crippen LogP contribution in [-0.2, 0) is 19.4 Å². The van der Waals surface area contributed by atoms with Gasteiger partial charge < -0.3 is 0 Å². The van der Waals surface area contributed by atoms with E-state index in [2.05, 4.69) is 25.8 Å².